The molecule has 0 saturated heterocycles. The molecule has 0 bridgehead atoms. The van der Waals surface area contributed by atoms with E-state index >= 15 is 0 Å². The van der Waals surface area contributed by atoms with Gasteiger partial charge in [0.05, 0.1) is 5.38 Å². The van der Waals surface area contributed by atoms with Crippen molar-refractivity contribution in [2.75, 3.05) is 0 Å². The van der Waals surface area contributed by atoms with Crippen LogP contribution in [0.4, 0.5) is 13.2 Å². The molecule has 2 rings (SSSR count). The van der Waals surface area contributed by atoms with Crippen LogP contribution < -0.4 is 4.74 Å². The molecule has 0 aliphatic carbocycles. The molecule has 0 aliphatic heterocycles. The fourth-order valence-corrected chi connectivity index (χ4v) is 3.03. The van der Waals surface area contributed by atoms with E-state index in [2.05, 4.69) is 11.7 Å². The molecule has 6 heteroatoms. The normalized spacial score (nSPS) is 13.2. The number of halogens is 4. The van der Waals surface area contributed by atoms with Gasteiger partial charge in [0.15, 0.2) is 0 Å². The van der Waals surface area contributed by atoms with Crippen LogP contribution in [-0.4, -0.2) is 6.36 Å². The van der Waals surface area contributed by atoms with Crippen molar-refractivity contribution < 1.29 is 17.9 Å². The summed E-state index contributed by atoms with van der Waals surface area (Å²) < 4.78 is 40.0. The Hall–Kier alpha value is -1.20. The highest BCUT2D eigenvalue weighted by Crippen LogP contribution is 2.35. The van der Waals surface area contributed by atoms with Crippen molar-refractivity contribution in [1.29, 1.82) is 0 Å². The first kappa shape index (κ1) is 15.2. The summed E-state index contributed by atoms with van der Waals surface area (Å²) in [5, 5.41) is -0.361. The Morgan fingerprint density at radius 3 is 2.30 bits per heavy atom. The van der Waals surface area contributed by atoms with Gasteiger partial charge in [-0.05, 0) is 36.2 Å². The molecule has 1 heterocycles. The SMILES string of the molecule is CCc1ccc(C(Cl)c2ccc(OC(F)(F)F)cc2)s1. The molecule has 108 valence electrons. The summed E-state index contributed by atoms with van der Waals surface area (Å²) in [6.07, 6.45) is -3.74. The van der Waals surface area contributed by atoms with Crippen LogP contribution in [0.25, 0.3) is 0 Å². The van der Waals surface area contributed by atoms with Crippen molar-refractivity contribution in [3.63, 3.8) is 0 Å². The summed E-state index contributed by atoms with van der Waals surface area (Å²) in [4.78, 5) is 2.20. The Labute approximate surface area is 124 Å². The maximum atomic E-state index is 12.1. The molecule has 1 aromatic carbocycles. The minimum Gasteiger partial charge on any atom is -0.406 e. The van der Waals surface area contributed by atoms with E-state index in [0.717, 1.165) is 16.9 Å². The summed E-state index contributed by atoms with van der Waals surface area (Å²) in [5.41, 5.74) is 0.741. The van der Waals surface area contributed by atoms with Gasteiger partial charge in [0.25, 0.3) is 0 Å². The zero-order chi connectivity index (χ0) is 14.8. The highest BCUT2D eigenvalue weighted by molar-refractivity contribution is 7.12. The average Bonchev–Trinajstić information content (AvgIpc) is 2.85. The molecule has 0 amide bonds. The lowest BCUT2D eigenvalue weighted by molar-refractivity contribution is -0.274. The smallest absolute Gasteiger partial charge is 0.406 e. The summed E-state index contributed by atoms with van der Waals surface area (Å²) >= 11 is 7.94. The van der Waals surface area contributed by atoms with E-state index < -0.39 is 6.36 Å². The van der Waals surface area contributed by atoms with Crippen LogP contribution in [0.2, 0.25) is 0 Å². The van der Waals surface area contributed by atoms with Gasteiger partial charge in [-0.15, -0.1) is 36.1 Å². The third-order valence-electron chi connectivity index (χ3n) is 2.69. The molecule has 1 atom stereocenters. The van der Waals surface area contributed by atoms with Gasteiger partial charge in [-0.3, -0.25) is 0 Å². The number of hydrogen-bond acceptors (Lipinski definition) is 2. The predicted molar refractivity (Wildman–Crippen MR) is 74.5 cm³/mol. The van der Waals surface area contributed by atoms with Crippen LogP contribution in [0.15, 0.2) is 36.4 Å². The topological polar surface area (TPSA) is 9.23 Å². The quantitative estimate of drug-likeness (QED) is 0.672. The van der Waals surface area contributed by atoms with Crippen molar-refractivity contribution in [2.45, 2.75) is 25.1 Å². The van der Waals surface area contributed by atoms with E-state index in [-0.39, 0.29) is 11.1 Å². The zero-order valence-electron chi connectivity index (χ0n) is 10.6. The number of hydrogen-bond donors (Lipinski definition) is 0. The Morgan fingerprint density at radius 2 is 1.80 bits per heavy atom. The second kappa shape index (κ2) is 6.06. The number of ether oxygens (including phenoxy) is 1. The Balaban J connectivity index is 2.13. The summed E-state index contributed by atoms with van der Waals surface area (Å²) in [6.45, 7) is 2.06. The Bertz CT molecular complexity index is 563. The molecule has 20 heavy (non-hydrogen) atoms. The van der Waals surface area contributed by atoms with E-state index in [1.807, 2.05) is 12.1 Å². The standard InChI is InChI=1S/C14H12ClF3OS/c1-2-11-7-8-12(20-11)13(15)9-3-5-10(6-4-9)19-14(16,17)18/h3-8,13H,2H2,1H3. The highest BCUT2D eigenvalue weighted by atomic mass is 35.5. The monoisotopic (exact) mass is 320 g/mol. The molecular formula is C14H12ClF3OS. The van der Waals surface area contributed by atoms with Gasteiger partial charge in [-0.1, -0.05) is 19.1 Å². The second-order valence-electron chi connectivity index (χ2n) is 4.14. The van der Waals surface area contributed by atoms with Gasteiger partial charge >= 0.3 is 6.36 Å². The Kier molecular flexibility index (Phi) is 4.60. The molecule has 0 N–H and O–H groups in total. The highest BCUT2D eigenvalue weighted by Gasteiger charge is 2.31. The van der Waals surface area contributed by atoms with Gasteiger partial charge in [0.1, 0.15) is 5.75 Å². The van der Waals surface area contributed by atoms with E-state index in [1.165, 1.54) is 17.0 Å². The van der Waals surface area contributed by atoms with E-state index in [4.69, 9.17) is 11.6 Å². The van der Waals surface area contributed by atoms with Crippen LogP contribution in [0, 0.1) is 0 Å². The lowest BCUT2D eigenvalue weighted by Gasteiger charge is -2.11. The number of aryl methyl sites for hydroxylation is 1. The van der Waals surface area contributed by atoms with Crippen molar-refractivity contribution >= 4 is 22.9 Å². The Morgan fingerprint density at radius 1 is 1.15 bits per heavy atom. The minimum atomic E-state index is -4.67. The number of benzene rings is 1. The number of rotatable bonds is 4. The van der Waals surface area contributed by atoms with Crippen molar-refractivity contribution in [2.24, 2.45) is 0 Å². The predicted octanol–water partition coefficient (Wildman–Crippen LogP) is 5.54. The lowest BCUT2D eigenvalue weighted by Crippen LogP contribution is -2.17. The first-order valence-electron chi connectivity index (χ1n) is 5.97. The van der Waals surface area contributed by atoms with E-state index in [0.29, 0.717) is 0 Å². The molecule has 0 radical (unpaired) electrons. The maximum absolute atomic E-state index is 12.1. The molecule has 1 nitrogen and oxygen atoms in total. The van der Waals surface area contributed by atoms with Crippen LogP contribution in [0.1, 0.15) is 27.6 Å². The van der Waals surface area contributed by atoms with E-state index in [1.54, 1.807) is 23.5 Å². The molecule has 0 spiro atoms. The third-order valence-corrected chi connectivity index (χ3v) is 4.60. The average molecular weight is 321 g/mol. The van der Waals surface area contributed by atoms with Crippen LogP contribution in [0.3, 0.4) is 0 Å². The van der Waals surface area contributed by atoms with Crippen LogP contribution in [0.5, 0.6) is 5.75 Å². The number of thiophene rings is 1. The molecule has 2 aromatic rings. The fourth-order valence-electron chi connectivity index (χ4n) is 1.72. The lowest BCUT2D eigenvalue weighted by atomic mass is 10.1. The minimum absolute atomic E-state index is 0.245. The van der Waals surface area contributed by atoms with Gasteiger partial charge in [0, 0.05) is 9.75 Å². The maximum Gasteiger partial charge on any atom is 0.573 e. The van der Waals surface area contributed by atoms with Gasteiger partial charge in [-0.25, -0.2) is 0 Å². The first-order chi connectivity index (χ1) is 9.39. The molecule has 1 aromatic heterocycles. The molecule has 0 fully saturated rings. The third kappa shape index (κ3) is 3.90. The molecule has 0 aliphatic rings. The summed E-state index contributed by atoms with van der Waals surface area (Å²) in [7, 11) is 0. The van der Waals surface area contributed by atoms with Gasteiger partial charge in [0.2, 0.25) is 0 Å². The zero-order valence-corrected chi connectivity index (χ0v) is 12.1. The molecular weight excluding hydrogens is 309 g/mol. The second-order valence-corrected chi connectivity index (χ2v) is 5.77. The summed E-state index contributed by atoms with van der Waals surface area (Å²) in [6, 6.07) is 9.59. The first-order valence-corrected chi connectivity index (χ1v) is 7.22. The number of alkyl halides is 4. The van der Waals surface area contributed by atoms with E-state index in [9.17, 15) is 13.2 Å². The fraction of sp³-hybridized carbons (Fsp3) is 0.286. The summed E-state index contributed by atoms with van der Waals surface area (Å²) in [5.74, 6) is -0.245. The van der Waals surface area contributed by atoms with Crippen molar-refractivity contribution in [3.05, 3.63) is 51.7 Å². The largest absolute Gasteiger partial charge is 0.573 e. The van der Waals surface area contributed by atoms with Gasteiger partial charge in [-0.2, -0.15) is 0 Å². The molecule has 0 saturated carbocycles. The van der Waals surface area contributed by atoms with Crippen molar-refractivity contribution in [3.8, 4) is 5.75 Å². The van der Waals surface area contributed by atoms with Gasteiger partial charge < -0.3 is 4.74 Å². The molecule has 1 unspecified atom stereocenters. The van der Waals surface area contributed by atoms with Crippen molar-refractivity contribution in [1.82, 2.24) is 0 Å². The van der Waals surface area contributed by atoms with Crippen LogP contribution in [-0.2, 0) is 6.42 Å². The van der Waals surface area contributed by atoms with Crippen LogP contribution >= 0.6 is 22.9 Å².